The number of ether oxygens (including phenoxy) is 1. The van der Waals surface area contributed by atoms with E-state index < -0.39 is 5.91 Å². The van der Waals surface area contributed by atoms with E-state index in [4.69, 9.17) is 4.74 Å². The van der Waals surface area contributed by atoms with Gasteiger partial charge in [0.15, 0.2) is 11.3 Å². The Labute approximate surface area is 191 Å². The van der Waals surface area contributed by atoms with Crippen molar-refractivity contribution < 1.29 is 19.5 Å². The fourth-order valence-electron chi connectivity index (χ4n) is 3.83. The molecule has 1 amide bonds. The molecule has 0 unspecified atom stereocenters. The number of methoxy groups -OCH3 is 1. The van der Waals surface area contributed by atoms with Crippen LogP contribution in [-0.4, -0.2) is 34.3 Å². The highest BCUT2D eigenvalue weighted by molar-refractivity contribution is 6.09. The van der Waals surface area contributed by atoms with Gasteiger partial charge in [-0.05, 0) is 62.2 Å². The van der Waals surface area contributed by atoms with Gasteiger partial charge >= 0.3 is 0 Å². The Bertz CT molecular complexity index is 1320. The first-order chi connectivity index (χ1) is 15.8. The zero-order valence-electron chi connectivity index (χ0n) is 18.7. The summed E-state index contributed by atoms with van der Waals surface area (Å²) in [5.74, 6) is 0.0251. The SMILES string of the molecule is COc1ccc2c(c1)C(=CC(=O)c1ccc(C(=O)N=c3ccccn3O)cc1)NC(C)(C)C2. The second-order valence-electron chi connectivity index (χ2n) is 8.53. The Hall–Kier alpha value is -4.13. The van der Waals surface area contributed by atoms with Gasteiger partial charge in [0.2, 0.25) is 0 Å². The molecule has 2 N–H and O–H groups in total. The number of allylic oxidation sites excluding steroid dienone is 1. The lowest BCUT2D eigenvalue weighted by molar-refractivity contribution is 0.0985. The van der Waals surface area contributed by atoms with E-state index >= 15 is 0 Å². The minimum Gasteiger partial charge on any atom is -0.497 e. The molecule has 0 aliphatic carbocycles. The van der Waals surface area contributed by atoms with E-state index in [1.807, 2.05) is 18.2 Å². The Morgan fingerprint density at radius 2 is 1.82 bits per heavy atom. The van der Waals surface area contributed by atoms with Crippen molar-refractivity contribution in [2.75, 3.05) is 7.11 Å². The van der Waals surface area contributed by atoms with E-state index in [0.29, 0.717) is 11.1 Å². The molecule has 0 saturated carbocycles. The topological polar surface area (TPSA) is 92.9 Å². The molecule has 3 aromatic rings. The van der Waals surface area contributed by atoms with Crippen LogP contribution in [0.2, 0.25) is 0 Å². The summed E-state index contributed by atoms with van der Waals surface area (Å²) in [5, 5.41) is 13.2. The lowest BCUT2D eigenvalue weighted by Crippen LogP contribution is -2.43. The number of pyridine rings is 1. The Balaban J connectivity index is 1.61. The molecule has 2 aromatic carbocycles. The van der Waals surface area contributed by atoms with E-state index in [2.05, 4.69) is 24.2 Å². The van der Waals surface area contributed by atoms with Crippen LogP contribution in [0.4, 0.5) is 0 Å². The second-order valence-corrected chi connectivity index (χ2v) is 8.53. The van der Waals surface area contributed by atoms with Crippen molar-refractivity contribution in [1.82, 2.24) is 10.0 Å². The van der Waals surface area contributed by atoms with E-state index in [1.165, 1.54) is 12.3 Å². The number of ketones is 1. The highest BCUT2D eigenvalue weighted by Gasteiger charge is 2.28. The molecule has 2 heterocycles. The predicted molar refractivity (Wildman–Crippen MR) is 124 cm³/mol. The van der Waals surface area contributed by atoms with Gasteiger partial charge in [-0.15, -0.1) is 0 Å². The van der Waals surface area contributed by atoms with Crippen LogP contribution in [0.25, 0.3) is 5.70 Å². The highest BCUT2D eigenvalue weighted by Crippen LogP contribution is 2.32. The molecule has 1 aromatic heterocycles. The highest BCUT2D eigenvalue weighted by atomic mass is 16.5. The summed E-state index contributed by atoms with van der Waals surface area (Å²) in [6, 6.07) is 17.0. The number of aromatic nitrogens is 1. The fraction of sp³-hybridized carbons (Fsp3) is 0.192. The summed E-state index contributed by atoms with van der Waals surface area (Å²) < 4.78 is 6.13. The number of fused-ring (bicyclic) bond motifs is 1. The molecular weight excluding hydrogens is 418 g/mol. The lowest BCUT2D eigenvalue weighted by Gasteiger charge is -2.35. The monoisotopic (exact) mass is 443 g/mol. The van der Waals surface area contributed by atoms with Gasteiger partial charge in [-0.1, -0.05) is 24.3 Å². The van der Waals surface area contributed by atoms with Gasteiger partial charge in [-0.2, -0.15) is 9.72 Å². The zero-order valence-corrected chi connectivity index (χ0v) is 18.7. The Morgan fingerprint density at radius 3 is 2.52 bits per heavy atom. The van der Waals surface area contributed by atoms with Crippen LogP contribution in [0.1, 0.15) is 45.7 Å². The van der Waals surface area contributed by atoms with Gasteiger partial charge in [0.1, 0.15) is 5.75 Å². The van der Waals surface area contributed by atoms with Crippen molar-refractivity contribution >= 4 is 17.4 Å². The van der Waals surface area contributed by atoms with E-state index in [1.54, 1.807) is 49.6 Å². The quantitative estimate of drug-likeness (QED) is 0.365. The molecule has 7 nitrogen and oxygen atoms in total. The van der Waals surface area contributed by atoms with Crippen LogP contribution in [0.15, 0.2) is 77.9 Å². The van der Waals surface area contributed by atoms with Gasteiger partial charge in [0.05, 0.1) is 7.11 Å². The number of carbonyl (C=O) groups excluding carboxylic acids is 2. The summed E-state index contributed by atoms with van der Waals surface area (Å²) in [6.07, 6.45) is 3.79. The first kappa shape index (κ1) is 22.1. The summed E-state index contributed by atoms with van der Waals surface area (Å²) in [7, 11) is 1.61. The summed E-state index contributed by atoms with van der Waals surface area (Å²) in [5.41, 5.74) is 3.49. The molecule has 0 fully saturated rings. The molecule has 0 bridgehead atoms. The minimum atomic E-state index is -0.516. The summed E-state index contributed by atoms with van der Waals surface area (Å²) in [6.45, 7) is 4.18. The first-order valence-electron chi connectivity index (χ1n) is 10.5. The fourth-order valence-corrected chi connectivity index (χ4v) is 3.83. The molecule has 0 atom stereocenters. The van der Waals surface area contributed by atoms with Gasteiger partial charge in [0, 0.05) is 40.2 Å². The molecule has 4 rings (SSSR count). The van der Waals surface area contributed by atoms with Crippen molar-refractivity contribution in [3.05, 3.63) is 101 Å². The maximum absolute atomic E-state index is 13.0. The number of amides is 1. The smallest absolute Gasteiger partial charge is 0.279 e. The molecule has 1 aliphatic heterocycles. The van der Waals surface area contributed by atoms with Crippen LogP contribution in [0.3, 0.4) is 0 Å². The van der Waals surface area contributed by atoms with Crippen LogP contribution < -0.4 is 15.5 Å². The summed E-state index contributed by atoms with van der Waals surface area (Å²) >= 11 is 0. The average Bonchev–Trinajstić information content (AvgIpc) is 2.79. The van der Waals surface area contributed by atoms with Crippen molar-refractivity contribution in [3.8, 4) is 5.75 Å². The number of carbonyl (C=O) groups is 2. The predicted octanol–water partition coefficient (Wildman–Crippen LogP) is 3.62. The van der Waals surface area contributed by atoms with Crippen LogP contribution in [0.5, 0.6) is 5.75 Å². The maximum atomic E-state index is 13.0. The Morgan fingerprint density at radius 1 is 1.09 bits per heavy atom. The van der Waals surface area contributed by atoms with Crippen molar-refractivity contribution in [2.45, 2.75) is 25.8 Å². The molecule has 0 saturated heterocycles. The number of benzene rings is 2. The molecular formula is C26H25N3O4. The van der Waals surface area contributed by atoms with E-state index in [9.17, 15) is 14.8 Å². The van der Waals surface area contributed by atoms with E-state index in [0.717, 1.165) is 33.7 Å². The van der Waals surface area contributed by atoms with Gasteiger partial charge in [-0.3, -0.25) is 9.59 Å². The number of hydrogen-bond donors (Lipinski definition) is 2. The molecule has 0 radical (unpaired) electrons. The molecule has 1 aliphatic rings. The van der Waals surface area contributed by atoms with Crippen molar-refractivity contribution in [1.29, 1.82) is 0 Å². The molecule has 33 heavy (non-hydrogen) atoms. The number of rotatable bonds is 4. The first-order valence-corrected chi connectivity index (χ1v) is 10.5. The minimum absolute atomic E-state index is 0.118. The second kappa shape index (κ2) is 8.78. The number of nitrogens with zero attached hydrogens (tertiary/aromatic N) is 2. The molecule has 0 spiro atoms. The number of hydrogen-bond acceptors (Lipinski definition) is 5. The van der Waals surface area contributed by atoms with Gasteiger partial charge in [-0.25, -0.2) is 0 Å². The molecule has 168 valence electrons. The summed E-state index contributed by atoms with van der Waals surface area (Å²) in [4.78, 5) is 29.3. The van der Waals surface area contributed by atoms with Crippen molar-refractivity contribution in [2.24, 2.45) is 4.99 Å². The Kier molecular flexibility index (Phi) is 5.87. The van der Waals surface area contributed by atoms with Gasteiger partial charge in [0.25, 0.3) is 5.91 Å². The third kappa shape index (κ3) is 4.87. The average molecular weight is 444 g/mol. The zero-order chi connectivity index (χ0) is 23.6. The van der Waals surface area contributed by atoms with Crippen LogP contribution >= 0.6 is 0 Å². The standard InChI is InChI=1S/C26H25N3O4/c1-26(2)16-19-11-12-20(33-3)14-21(19)22(28-26)15-23(30)17-7-9-18(10-8-17)25(31)27-24-6-4-5-13-29(24)32/h4-15,28,32H,16H2,1-3H3. The van der Waals surface area contributed by atoms with Crippen LogP contribution in [-0.2, 0) is 6.42 Å². The van der Waals surface area contributed by atoms with E-state index in [-0.39, 0.29) is 16.8 Å². The normalized spacial score (nSPS) is 16.1. The number of nitrogens with one attached hydrogen (secondary N) is 1. The lowest BCUT2D eigenvalue weighted by atomic mass is 9.85. The van der Waals surface area contributed by atoms with Crippen molar-refractivity contribution in [3.63, 3.8) is 0 Å². The molecule has 7 heteroatoms. The largest absolute Gasteiger partial charge is 0.497 e. The van der Waals surface area contributed by atoms with Crippen LogP contribution in [0, 0.1) is 0 Å². The maximum Gasteiger partial charge on any atom is 0.279 e. The third-order valence-corrected chi connectivity index (χ3v) is 5.44. The third-order valence-electron chi connectivity index (χ3n) is 5.44. The van der Waals surface area contributed by atoms with Gasteiger partial charge < -0.3 is 15.3 Å².